The van der Waals surface area contributed by atoms with Crippen molar-refractivity contribution in [3.8, 4) is 5.69 Å². The van der Waals surface area contributed by atoms with E-state index in [1.165, 1.54) is 5.69 Å². The van der Waals surface area contributed by atoms with Crippen LogP contribution in [0.5, 0.6) is 0 Å². The number of hydroxylamine groups is 1. The Morgan fingerprint density at radius 2 is 1.82 bits per heavy atom. The quantitative estimate of drug-likeness (QED) is 0.252. The highest BCUT2D eigenvalue weighted by molar-refractivity contribution is 6.31. The second kappa shape index (κ2) is 10.7. The molecule has 33 heavy (non-hydrogen) atoms. The summed E-state index contributed by atoms with van der Waals surface area (Å²) in [6, 6.07) is 16.2. The molecule has 174 valence electrons. The lowest BCUT2D eigenvalue weighted by atomic mass is 10.0. The molecule has 0 saturated carbocycles. The summed E-state index contributed by atoms with van der Waals surface area (Å²) in [5.41, 5.74) is 6.24. The van der Waals surface area contributed by atoms with Crippen molar-refractivity contribution >= 4 is 34.4 Å². The molecule has 0 saturated heterocycles. The van der Waals surface area contributed by atoms with Gasteiger partial charge in [0.05, 0.1) is 5.52 Å². The van der Waals surface area contributed by atoms with Crippen LogP contribution >= 0.6 is 11.6 Å². The molecule has 3 N–H and O–H groups in total. The third-order valence-electron chi connectivity index (χ3n) is 6.14. The van der Waals surface area contributed by atoms with Crippen LogP contribution in [0.4, 0.5) is 4.79 Å². The fraction of sp³-hybridized carbons (Fsp3) is 0.360. The molecule has 2 heterocycles. The minimum absolute atomic E-state index is 0.0528. The van der Waals surface area contributed by atoms with Crippen LogP contribution in [0.25, 0.3) is 16.6 Å². The maximum Gasteiger partial charge on any atom is 0.317 e. The molecule has 3 aromatic rings. The van der Waals surface area contributed by atoms with E-state index in [4.69, 9.17) is 16.8 Å². The number of benzene rings is 2. The van der Waals surface area contributed by atoms with Crippen molar-refractivity contribution in [2.45, 2.75) is 45.1 Å². The van der Waals surface area contributed by atoms with E-state index in [1.54, 1.807) is 5.48 Å². The topological polar surface area (TPSA) is 86.6 Å². The van der Waals surface area contributed by atoms with Gasteiger partial charge >= 0.3 is 6.03 Å². The molecule has 4 rings (SSSR count). The van der Waals surface area contributed by atoms with Gasteiger partial charge in [-0.3, -0.25) is 10.0 Å². The summed E-state index contributed by atoms with van der Waals surface area (Å²) in [6.45, 7) is 1.81. The van der Waals surface area contributed by atoms with Gasteiger partial charge in [0.15, 0.2) is 0 Å². The van der Waals surface area contributed by atoms with Crippen molar-refractivity contribution in [2.24, 2.45) is 0 Å². The van der Waals surface area contributed by atoms with E-state index in [0.29, 0.717) is 31.1 Å². The molecule has 0 fully saturated rings. The Balaban J connectivity index is 1.40. The largest absolute Gasteiger partial charge is 0.338 e. The molecule has 2 aromatic carbocycles. The van der Waals surface area contributed by atoms with E-state index in [9.17, 15) is 9.59 Å². The van der Waals surface area contributed by atoms with Gasteiger partial charge in [0.2, 0.25) is 5.91 Å². The van der Waals surface area contributed by atoms with Crippen molar-refractivity contribution in [1.82, 2.24) is 20.3 Å². The number of para-hydroxylation sites is 1. The van der Waals surface area contributed by atoms with Gasteiger partial charge < -0.3 is 14.8 Å². The second-order valence-electron chi connectivity index (χ2n) is 8.36. The minimum Gasteiger partial charge on any atom is -0.338 e. The summed E-state index contributed by atoms with van der Waals surface area (Å²) >= 11 is 6.32. The summed E-state index contributed by atoms with van der Waals surface area (Å²) in [5, 5.41) is 13.3. The van der Waals surface area contributed by atoms with Crippen molar-refractivity contribution in [3.63, 3.8) is 0 Å². The molecule has 8 heteroatoms. The number of halogens is 1. The third kappa shape index (κ3) is 5.31. The molecule has 1 aromatic heterocycles. The molecule has 0 spiro atoms. The SMILES string of the molecule is O=C(CCCCCCNC(=O)N1CCc2c(c3cc(Cl)ccc3n2-c2ccccc2)C1)NO. The van der Waals surface area contributed by atoms with E-state index >= 15 is 0 Å². The fourth-order valence-corrected chi connectivity index (χ4v) is 4.68. The lowest BCUT2D eigenvalue weighted by molar-refractivity contribution is -0.129. The number of nitrogens with one attached hydrogen (secondary N) is 2. The first kappa shape index (κ1) is 23.1. The van der Waals surface area contributed by atoms with Crippen LogP contribution < -0.4 is 10.8 Å². The van der Waals surface area contributed by atoms with Crippen molar-refractivity contribution in [3.05, 3.63) is 64.8 Å². The van der Waals surface area contributed by atoms with Crippen LogP contribution in [0.15, 0.2) is 48.5 Å². The Bertz CT molecular complexity index is 1130. The molecule has 0 radical (unpaired) electrons. The van der Waals surface area contributed by atoms with Gasteiger partial charge in [0.25, 0.3) is 0 Å². The molecule has 3 amide bonds. The first-order valence-corrected chi connectivity index (χ1v) is 11.8. The normalized spacial score (nSPS) is 13.1. The first-order chi connectivity index (χ1) is 16.1. The summed E-state index contributed by atoms with van der Waals surface area (Å²) in [6.07, 6.45) is 4.48. The predicted molar refractivity (Wildman–Crippen MR) is 129 cm³/mol. The number of urea groups is 1. The Kier molecular flexibility index (Phi) is 7.52. The van der Waals surface area contributed by atoms with Crippen LogP contribution in [-0.4, -0.2) is 39.7 Å². The summed E-state index contributed by atoms with van der Waals surface area (Å²) in [7, 11) is 0. The third-order valence-corrected chi connectivity index (χ3v) is 6.38. The van der Waals surface area contributed by atoms with E-state index < -0.39 is 0 Å². The van der Waals surface area contributed by atoms with Crippen LogP contribution in [-0.2, 0) is 17.8 Å². The summed E-state index contributed by atoms with van der Waals surface area (Å²) in [5.74, 6) is -0.359. The Labute approximate surface area is 198 Å². The minimum atomic E-state index is -0.359. The molecule has 0 aliphatic carbocycles. The average Bonchev–Trinajstić information content (AvgIpc) is 3.16. The van der Waals surface area contributed by atoms with Crippen molar-refractivity contribution in [2.75, 3.05) is 13.1 Å². The fourth-order valence-electron chi connectivity index (χ4n) is 4.50. The zero-order chi connectivity index (χ0) is 23.2. The van der Waals surface area contributed by atoms with Gasteiger partial charge in [-0.05, 0) is 43.2 Å². The molecule has 0 unspecified atom stereocenters. The zero-order valence-electron chi connectivity index (χ0n) is 18.5. The molecular formula is C25H29ClN4O3. The van der Waals surface area contributed by atoms with Crippen molar-refractivity contribution in [1.29, 1.82) is 0 Å². The summed E-state index contributed by atoms with van der Waals surface area (Å²) < 4.78 is 2.29. The van der Waals surface area contributed by atoms with E-state index in [0.717, 1.165) is 54.3 Å². The van der Waals surface area contributed by atoms with Gasteiger partial charge in [-0.15, -0.1) is 0 Å². The Morgan fingerprint density at radius 1 is 1.03 bits per heavy atom. The number of fused-ring (bicyclic) bond motifs is 3. The number of amides is 3. The summed E-state index contributed by atoms with van der Waals surface area (Å²) in [4.78, 5) is 25.7. The van der Waals surface area contributed by atoms with E-state index in [1.807, 2.05) is 35.2 Å². The number of carbonyl (C=O) groups is 2. The molecular weight excluding hydrogens is 440 g/mol. The maximum absolute atomic E-state index is 12.8. The highest BCUT2D eigenvalue weighted by Crippen LogP contribution is 2.35. The standard InChI is InChI=1S/C25H29ClN4O3/c26-18-11-12-22-20(16-18)21-17-29(15-13-23(21)30(22)19-8-4-3-5-9-19)25(32)27-14-7-2-1-6-10-24(31)28-33/h3-5,8-9,11-12,16,33H,1-2,6-7,10,13-15,17H2,(H,27,32)(H,28,31). The van der Waals surface area contributed by atoms with Crippen LogP contribution in [0.3, 0.4) is 0 Å². The number of nitrogens with zero attached hydrogens (tertiary/aromatic N) is 2. The van der Waals surface area contributed by atoms with Crippen LogP contribution in [0, 0.1) is 0 Å². The lowest BCUT2D eigenvalue weighted by Gasteiger charge is -2.28. The molecule has 1 aliphatic rings. The van der Waals surface area contributed by atoms with E-state index in [-0.39, 0.29) is 11.9 Å². The Hall–Kier alpha value is -3.03. The van der Waals surface area contributed by atoms with Gasteiger partial charge in [-0.25, -0.2) is 10.3 Å². The number of hydrogen-bond acceptors (Lipinski definition) is 3. The zero-order valence-corrected chi connectivity index (χ0v) is 19.3. The number of rotatable bonds is 8. The predicted octanol–water partition coefficient (Wildman–Crippen LogP) is 4.81. The lowest BCUT2D eigenvalue weighted by Crippen LogP contribution is -2.43. The van der Waals surface area contributed by atoms with Crippen LogP contribution in [0.2, 0.25) is 5.02 Å². The van der Waals surface area contributed by atoms with Crippen molar-refractivity contribution < 1.29 is 14.8 Å². The number of hydrogen-bond donors (Lipinski definition) is 3. The number of unbranched alkanes of at least 4 members (excludes halogenated alkanes) is 3. The smallest absolute Gasteiger partial charge is 0.317 e. The number of aromatic nitrogens is 1. The van der Waals surface area contributed by atoms with Crippen LogP contribution in [0.1, 0.15) is 43.4 Å². The molecule has 7 nitrogen and oxygen atoms in total. The average molecular weight is 469 g/mol. The van der Waals surface area contributed by atoms with Gasteiger partial charge in [0, 0.05) is 59.8 Å². The molecule has 0 atom stereocenters. The van der Waals surface area contributed by atoms with Gasteiger partial charge in [-0.1, -0.05) is 42.6 Å². The first-order valence-electron chi connectivity index (χ1n) is 11.4. The van der Waals surface area contributed by atoms with E-state index in [2.05, 4.69) is 28.1 Å². The van der Waals surface area contributed by atoms with Gasteiger partial charge in [0.1, 0.15) is 0 Å². The Morgan fingerprint density at radius 3 is 2.61 bits per heavy atom. The molecule has 0 bridgehead atoms. The maximum atomic E-state index is 12.8. The second-order valence-corrected chi connectivity index (χ2v) is 8.80. The highest BCUT2D eigenvalue weighted by Gasteiger charge is 2.27. The highest BCUT2D eigenvalue weighted by atomic mass is 35.5. The molecule has 1 aliphatic heterocycles. The van der Waals surface area contributed by atoms with Gasteiger partial charge in [-0.2, -0.15) is 0 Å². The number of carbonyl (C=O) groups excluding carboxylic acids is 2. The monoisotopic (exact) mass is 468 g/mol.